The highest BCUT2D eigenvalue weighted by Gasteiger charge is 2.05. The van der Waals surface area contributed by atoms with Crippen LogP contribution in [0.5, 0.6) is 5.75 Å². The lowest BCUT2D eigenvalue weighted by atomic mass is 10.1. The van der Waals surface area contributed by atoms with E-state index in [0.29, 0.717) is 0 Å². The molecule has 1 aromatic heterocycles. The number of hydrogen-bond acceptors (Lipinski definition) is 4. The second kappa shape index (κ2) is 8.29. The van der Waals surface area contributed by atoms with Crippen LogP contribution in [0, 0.1) is 0 Å². The Kier molecular flexibility index (Phi) is 5.86. The van der Waals surface area contributed by atoms with Gasteiger partial charge in [-0.1, -0.05) is 41.9 Å². The average molecular weight is 359 g/mol. The molecule has 3 nitrogen and oxygen atoms in total. The fraction of sp³-hybridized carbons (Fsp3) is 0.211. The van der Waals surface area contributed by atoms with E-state index < -0.39 is 0 Å². The van der Waals surface area contributed by atoms with Gasteiger partial charge in [-0.3, -0.25) is 0 Å². The highest BCUT2D eigenvalue weighted by molar-refractivity contribution is 7.15. The van der Waals surface area contributed by atoms with E-state index in [9.17, 15) is 0 Å². The van der Waals surface area contributed by atoms with Crippen molar-refractivity contribution in [2.75, 3.05) is 13.7 Å². The van der Waals surface area contributed by atoms with E-state index in [0.717, 1.165) is 45.7 Å². The summed E-state index contributed by atoms with van der Waals surface area (Å²) in [6.45, 7) is 1.65. The van der Waals surface area contributed by atoms with Crippen LogP contribution < -0.4 is 10.1 Å². The van der Waals surface area contributed by atoms with Crippen LogP contribution in [0.15, 0.2) is 54.7 Å². The van der Waals surface area contributed by atoms with Crippen molar-refractivity contribution < 1.29 is 4.74 Å². The molecule has 0 saturated heterocycles. The van der Waals surface area contributed by atoms with Crippen LogP contribution in [0.4, 0.5) is 0 Å². The Morgan fingerprint density at radius 2 is 2.04 bits per heavy atom. The zero-order valence-corrected chi connectivity index (χ0v) is 15.0. The Morgan fingerprint density at radius 1 is 1.17 bits per heavy atom. The first kappa shape index (κ1) is 17.0. The van der Waals surface area contributed by atoms with Crippen molar-refractivity contribution in [1.82, 2.24) is 10.3 Å². The van der Waals surface area contributed by atoms with Crippen LogP contribution in [0.3, 0.4) is 0 Å². The van der Waals surface area contributed by atoms with Gasteiger partial charge < -0.3 is 10.1 Å². The van der Waals surface area contributed by atoms with Gasteiger partial charge in [0.05, 0.1) is 12.0 Å². The van der Waals surface area contributed by atoms with E-state index in [1.807, 2.05) is 42.6 Å². The minimum absolute atomic E-state index is 0.748. The lowest BCUT2D eigenvalue weighted by Crippen LogP contribution is -2.16. The second-order valence-electron chi connectivity index (χ2n) is 5.37. The highest BCUT2D eigenvalue weighted by atomic mass is 35.5. The molecule has 5 heteroatoms. The highest BCUT2D eigenvalue weighted by Crippen LogP contribution is 2.28. The van der Waals surface area contributed by atoms with Crippen molar-refractivity contribution in [2.45, 2.75) is 13.0 Å². The molecular weight excluding hydrogens is 340 g/mol. The number of ether oxygens (including phenoxy) is 1. The number of para-hydroxylation sites is 1. The smallest absolute Gasteiger partial charge is 0.122 e. The molecule has 3 aromatic rings. The van der Waals surface area contributed by atoms with Crippen LogP contribution >= 0.6 is 22.9 Å². The van der Waals surface area contributed by atoms with Gasteiger partial charge in [-0.15, -0.1) is 11.3 Å². The third-order valence-corrected chi connectivity index (χ3v) is 4.98. The van der Waals surface area contributed by atoms with E-state index >= 15 is 0 Å². The minimum Gasteiger partial charge on any atom is -0.496 e. The van der Waals surface area contributed by atoms with Gasteiger partial charge in [0.25, 0.3) is 0 Å². The second-order valence-corrected chi connectivity index (χ2v) is 6.92. The molecule has 0 spiro atoms. The van der Waals surface area contributed by atoms with Crippen LogP contribution in [-0.2, 0) is 13.0 Å². The average Bonchev–Trinajstić information content (AvgIpc) is 3.08. The maximum atomic E-state index is 6.05. The topological polar surface area (TPSA) is 34.1 Å². The van der Waals surface area contributed by atoms with Gasteiger partial charge in [0.1, 0.15) is 10.8 Å². The van der Waals surface area contributed by atoms with E-state index in [-0.39, 0.29) is 0 Å². The van der Waals surface area contributed by atoms with E-state index in [2.05, 4.69) is 22.4 Å². The first-order valence-electron chi connectivity index (χ1n) is 7.79. The molecule has 0 fully saturated rings. The van der Waals surface area contributed by atoms with E-state index in [1.165, 1.54) is 5.56 Å². The molecule has 3 rings (SSSR count). The number of halogens is 1. The fourth-order valence-electron chi connectivity index (χ4n) is 2.50. The zero-order valence-electron chi connectivity index (χ0n) is 13.5. The standard InChI is InChI=1S/C19H19ClN2OS/c1-23-17-8-3-2-5-14(17)9-10-21-13-19-22-12-18(24-19)15-6-4-7-16(20)11-15/h2-8,11-12,21H,9-10,13H2,1H3. The van der Waals surface area contributed by atoms with Crippen LogP contribution in [0.25, 0.3) is 10.4 Å². The Labute approximate surface area is 151 Å². The first-order valence-corrected chi connectivity index (χ1v) is 8.99. The van der Waals surface area contributed by atoms with Gasteiger partial charge in [-0.2, -0.15) is 0 Å². The van der Waals surface area contributed by atoms with Crippen LogP contribution in [-0.4, -0.2) is 18.6 Å². The van der Waals surface area contributed by atoms with Crippen molar-refractivity contribution in [3.63, 3.8) is 0 Å². The molecule has 0 bridgehead atoms. The van der Waals surface area contributed by atoms with Gasteiger partial charge in [0, 0.05) is 17.8 Å². The molecule has 0 aliphatic rings. The lowest BCUT2D eigenvalue weighted by molar-refractivity contribution is 0.409. The first-order chi connectivity index (χ1) is 11.8. The summed E-state index contributed by atoms with van der Waals surface area (Å²) in [5, 5.41) is 5.27. The molecule has 1 heterocycles. The fourth-order valence-corrected chi connectivity index (χ4v) is 3.57. The number of hydrogen-bond donors (Lipinski definition) is 1. The molecule has 0 aliphatic heterocycles. The van der Waals surface area contributed by atoms with Gasteiger partial charge in [0.2, 0.25) is 0 Å². The Hall–Kier alpha value is -1.88. The maximum absolute atomic E-state index is 6.05. The summed E-state index contributed by atoms with van der Waals surface area (Å²) in [5.74, 6) is 0.941. The molecule has 0 aliphatic carbocycles. The summed E-state index contributed by atoms with van der Waals surface area (Å²) >= 11 is 7.74. The van der Waals surface area contributed by atoms with Crippen molar-refractivity contribution in [1.29, 1.82) is 0 Å². The molecule has 124 valence electrons. The van der Waals surface area contributed by atoms with Crippen molar-refractivity contribution >= 4 is 22.9 Å². The maximum Gasteiger partial charge on any atom is 0.122 e. The molecule has 24 heavy (non-hydrogen) atoms. The van der Waals surface area contributed by atoms with Crippen molar-refractivity contribution in [3.8, 4) is 16.2 Å². The van der Waals surface area contributed by atoms with Crippen molar-refractivity contribution in [3.05, 3.63) is 70.3 Å². The molecule has 0 atom stereocenters. The predicted octanol–water partition coefficient (Wildman–Crippen LogP) is 4.80. The summed E-state index contributed by atoms with van der Waals surface area (Å²) < 4.78 is 5.37. The molecule has 0 unspecified atom stereocenters. The summed E-state index contributed by atoms with van der Waals surface area (Å²) in [5.41, 5.74) is 2.33. The van der Waals surface area contributed by atoms with E-state index in [4.69, 9.17) is 16.3 Å². The third kappa shape index (κ3) is 4.35. The van der Waals surface area contributed by atoms with Crippen molar-refractivity contribution in [2.24, 2.45) is 0 Å². The normalized spacial score (nSPS) is 10.8. The summed E-state index contributed by atoms with van der Waals surface area (Å²) in [7, 11) is 1.71. The number of methoxy groups -OCH3 is 1. The van der Waals surface area contributed by atoms with E-state index in [1.54, 1.807) is 18.4 Å². The molecule has 0 saturated carbocycles. The number of rotatable bonds is 7. The molecule has 1 N–H and O–H groups in total. The monoisotopic (exact) mass is 358 g/mol. The zero-order chi connectivity index (χ0) is 16.8. The summed E-state index contributed by atoms with van der Waals surface area (Å²) in [4.78, 5) is 5.63. The SMILES string of the molecule is COc1ccccc1CCNCc1ncc(-c2cccc(Cl)c2)s1. The van der Waals surface area contributed by atoms with Crippen LogP contribution in [0.2, 0.25) is 5.02 Å². The largest absolute Gasteiger partial charge is 0.496 e. The van der Waals surface area contributed by atoms with Gasteiger partial charge in [-0.05, 0) is 42.3 Å². The molecular formula is C19H19ClN2OS. The lowest BCUT2D eigenvalue weighted by Gasteiger charge is -2.08. The number of benzene rings is 2. The Morgan fingerprint density at radius 3 is 2.88 bits per heavy atom. The predicted molar refractivity (Wildman–Crippen MR) is 101 cm³/mol. The Bertz CT molecular complexity index is 803. The Balaban J connectivity index is 1.53. The molecule has 0 amide bonds. The number of nitrogens with zero attached hydrogens (tertiary/aromatic N) is 1. The number of aromatic nitrogens is 1. The van der Waals surface area contributed by atoms with Gasteiger partial charge >= 0.3 is 0 Å². The van der Waals surface area contributed by atoms with Gasteiger partial charge in [-0.25, -0.2) is 4.98 Å². The minimum atomic E-state index is 0.748. The number of nitrogens with one attached hydrogen (secondary N) is 1. The third-order valence-electron chi connectivity index (χ3n) is 3.70. The molecule has 2 aromatic carbocycles. The summed E-state index contributed by atoms with van der Waals surface area (Å²) in [6, 6.07) is 16.0. The molecule has 0 radical (unpaired) electrons. The van der Waals surface area contributed by atoms with Crippen LogP contribution in [0.1, 0.15) is 10.6 Å². The quantitative estimate of drug-likeness (QED) is 0.616. The van der Waals surface area contributed by atoms with Gasteiger partial charge in [0.15, 0.2) is 0 Å². The number of thiazole rings is 1. The summed E-state index contributed by atoms with van der Waals surface area (Å²) in [6.07, 6.45) is 2.84.